The minimum atomic E-state index is -0.186. The average molecular weight is 232 g/mol. The van der Waals surface area contributed by atoms with Gasteiger partial charge in [-0.25, -0.2) is 0 Å². The Balaban J connectivity index is 2.35. The number of rotatable bonds is 3. The topological polar surface area (TPSA) is 69.1 Å². The first kappa shape index (κ1) is 12.1. The van der Waals surface area contributed by atoms with Gasteiger partial charge in [0.15, 0.2) is 0 Å². The second-order valence-electron chi connectivity index (χ2n) is 5.06. The van der Waals surface area contributed by atoms with Gasteiger partial charge in [0.2, 0.25) is 5.91 Å². The number of hydrogen-bond donors (Lipinski definition) is 2. The van der Waals surface area contributed by atoms with Crippen molar-refractivity contribution in [2.24, 2.45) is 23.3 Å². The highest BCUT2D eigenvalue weighted by Crippen LogP contribution is 2.38. The molecule has 17 heavy (non-hydrogen) atoms. The van der Waals surface area contributed by atoms with Crippen LogP contribution in [-0.2, 0) is 11.2 Å². The first-order valence-electron chi connectivity index (χ1n) is 6.20. The predicted octanol–water partition coefficient (Wildman–Crippen LogP) is 1.41. The SMILES string of the molecule is CC(CN)C1CC(C(N)=O)Cc2ccccc21. The summed E-state index contributed by atoms with van der Waals surface area (Å²) in [6, 6.07) is 8.33. The fourth-order valence-corrected chi connectivity index (χ4v) is 2.78. The number of carbonyl (C=O) groups excluding carboxylic acids is 1. The average Bonchev–Trinajstić information content (AvgIpc) is 2.36. The number of fused-ring (bicyclic) bond motifs is 1. The van der Waals surface area contributed by atoms with Crippen molar-refractivity contribution in [2.45, 2.75) is 25.7 Å². The molecule has 3 unspecified atom stereocenters. The molecule has 0 spiro atoms. The maximum atomic E-state index is 11.4. The first-order chi connectivity index (χ1) is 8.13. The summed E-state index contributed by atoms with van der Waals surface area (Å²) in [5.41, 5.74) is 13.8. The Kier molecular flexibility index (Phi) is 3.48. The van der Waals surface area contributed by atoms with Crippen molar-refractivity contribution in [3.05, 3.63) is 35.4 Å². The normalized spacial score (nSPS) is 25.1. The third-order valence-corrected chi connectivity index (χ3v) is 3.92. The molecule has 0 aromatic heterocycles. The third-order valence-electron chi connectivity index (χ3n) is 3.92. The fourth-order valence-electron chi connectivity index (χ4n) is 2.78. The molecule has 0 radical (unpaired) electrons. The van der Waals surface area contributed by atoms with Crippen LogP contribution in [0.5, 0.6) is 0 Å². The number of benzene rings is 1. The van der Waals surface area contributed by atoms with Crippen LogP contribution in [0.15, 0.2) is 24.3 Å². The maximum absolute atomic E-state index is 11.4. The van der Waals surface area contributed by atoms with Crippen molar-refractivity contribution in [2.75, 3.05) is 6.54 Å². The molecule has 3 nitrogen and oxygen atoms in total. The molecule has 0 bridgehead atoms. The van der Waals surface area contributed by atoms with Crippen LogP contribution in [0.3, 0.4) is 0 Å². The smallest absolute Gasteiger partial charge is 0.220 e. The zero-order valence-electron chi connectivity index (χ0n) is 10.2. The summed E-state index contributed by atoms with van der Waals surface area (Å²) in [6.45, 7) is 2.79. The summed E-state index contributed by atoms with van der Waals surface area (Å²) >= 11 is 0. The highest BCUT2D eigenvalue weighted by Gasteiger charge is 2.32. The van der Waals surface area contributed by atoms with Crippen LogP contribution >= 0.6 is 0 Å². The zero-order chi connectivity index (χ0) is 12.4. The summed E-state index contributed by atoms with van der Waals surface area (Å²) < 4.78 is 0. The van der Waals surface area contributed by atoms with Crippen LogP contribution < -0.4 is 11.5 Å². The van der Waals surface area contributed by atoms with Gasteiger partial charge in [-0.2, -0.15) is 0 Å². The zero-order valence-corrected chi connectivity index (χ0v) is 10.2. The van der Waals surface area contributed by atoms with E-state index < -0.39 is 0 Å². The predicted molar refractivity (Wildman–Crippen MR) is 68.4 cm³/mol. The van der Waals surface area contributed by atoms with Gasteiger partial charge in [0.25, 0.3) is 0 Å². The van der Waals surface area contributed by atoms with Gasteiger partial charge in [0, 0.05) is 5.92 Å². The quantitative estimate of drug-likeness (QED) is 0.827. The molecule has 1 amide bonds. The number of nitrogens with two attached hydrogens (primary N) is 2. The molecular formula is C14H20N2O. The van der Waals surface area contributed by atoms with Gasteiger partial charge in [0.05, 0.1) is 0 Å². The van der Waals surface area contributed by atoms with Crippen molar-refractivity contribution in [3.8, 4) is 0 Å². The van der Waals surface area contributed by atoms with Gasteiger partial charge in [0.1, 0.15) is 0 Å². The Morgan fingerprint density at radius 1 is 1.47 bits per heavy atom. The van der Waals surface area contributed by atoms with Crippen LogP contribution in [0.4, 0.5) is 0 Å². The Hall–Kier alpha value is -1.35. The lowest BCUT2D eigenvalue weighted by Crippen LogP contribution is -2.33. The van der Waals surface area contributed by atoms with Crippen molar-refractivity contribution < 1.29 is 4.79 Å². The number of carbonyl (C=O) groups is 1. The van der Waals surface area contributed by atoms with Crippen molar-refractivity contribution >= 4 is 5.91 Å². The van der Waals surface area contributed by atoms with E-state index in [1.54, 1.807) is 0 Å². The molecule has 4 N–H and O–H groups in total. The van der Waals surface area contributed by atoms with Crippen LogP contribution in [0.25, 0.3) is 0 Å². The molecule has 2 rings (SSSR count). The van der Waals surface area contributed by atoms with Gasteiger partial charge in [-0.1, -0.05) is 31.2 Å². The summed E-state index contributed by atoms with van der Waals surface area (Å²) in [7, 11) is 0. The summed E-state index contributed by atoms with van der Waals surface area (Å²) in [5.74, 6) is 0.526. The highest BCUT2D eigenvalue weighted by atomic mass is 16.1. The highest BCUT2D eigenvalue weighted by molar-refractivity contribution is 5.77. The van der Waals surface area contributed by atoms with Crippen molar-refractivity contribution in [1.82, 2.24) is 0 Å². The van der Waals surface area contributed by atoms with Gasteiger partial charge in [-0.3, -0.25) is 4.79 Å². The fraction of sp³-hybridized carbons (Fsp3) is 0.500. The molecule has 1 aliphatic carbocycles. The van der Waals surface area contributed by atoms with E-state index in [9.17, 15) is 4.79 Å². The monoisotopic (exact) mass is 232 g/mol. The molecule has 0 aliphatic heterocycles. The van der Waals surface area contributed by atoms with E-state index in [1.807, 2.05) is 6.07 Å². The maximum Gasteiger partial charge on any atom is 0.220 e. The van der Waals surface area contributed by atoms with E-state index in [2.05, 4.69) is 25.1 Å². The second-order valence-corrected chi connectivity index (χ2v) is 5.06. The lowest BCUT2D eigenvalue weighted by atomic mass is 9.72. The molecule has 1 aliphatic rings. The Labute approximate surface area is 102 Å². The third kappa shape index (κ3) is 2.34. The lowest BCUT2D eigenvalue weighted by molar-refractivity contribution is -0.122. The van der Waals surface area contributed by atoms with Crippen LogP contribution in [0.1, 0.15) is 30.4 Å². The van der Waals surface area contributed by atoms with E-state index in [0.717, 1.165) is 12.8 Å². The van der Waals surface area contributed by atoms with E-state index >= 15 is 0 Å². The summed E-state index contributed by atoms with van der Waals surface area (Å²) in [6.07, 6.45) is 1.62. The molecule has 3 atom stereocenters. The molecule has 0 heterocycles. The Bertz CT molecular complexity index is 416. The van der Waals surface area contributed by atoms with E-state index in [-0.39, 0.29) is 11.8 Å². The van der Waals surface area contributed by atoms with E-state index in [1.165, 1.54) is 11.1 Å². The van der Waals surface area contributed by atoms with E-state index in [4.69, 9.17) is 11.5 Å². The number of hydrogen-bond acceptors (Lipinski definition) is 2. The van der Waals surface area contributed by atoms with Gasteiger partial charge in [-0.15, -0.1) is 0 Å². The van der Waals surface area contributed by atoms with Crippen LogP contribution in [0, 0.1) is 11.8 Å². The largest absolute Gasteiger partial charge is 0.369 e. The number of primary amides is 1. The van der Waals surface area contributed by atoms with Crippen LogP contribution in [0.2, 0.25) is 0 Å². The minimum absolute atomic E-state index is 0.0381. The summed E-state index contributed by atoms with van der Waals surface area (Å²) in [5, 5.41) is 0. The van der Waals surface area contributed by atoms with Crippen molar-refractivity contribution in [3.63, 3.8) is 0 Å². The molecule has 0 saturated heterocycles. The van der Waals surface area contributed by atoms with Crippen molar-refractivity contribution in [1.29, 1.82) is 0 Å². The van der Waals surface area contributed by atoms with Gasteiger partial charge in [-0.05, 0) is 42.3 Å². The van der Waals surface area contributed by atoms with E-state index in [0.29, 0.717) is 18.4 Å². The Morgan fingerprint density at radius 2 is 2.18 bits per heavy atom. The molecule has 0 saturated carbocycles. The van der Waals surface area contributed by atoms with Gasteiger partial charge >= 0.3 is 0 Å². The second kappa shape index (κ2) is 4.88. The first-order valence-corrected chi connectivity index (χ1v) is 6.20. The molecule has 0 fully saturated rings. The molecule has 3 heteroatoms. The lowest BCUT2D eigenvalue weighted by Gasteiger charge is -2.33. The van der Waals surface area contributed by atoms with Crippen LogP contribution in [-0.4, -0.2) is 12.5 Å². The Morgan fingerprint density at radius 3 is 2.82 bits per heavy atom. The van der Waals surface area contributed by atoms with Gasteiger partial charge < -0.3 is 11.5 Å². The standard InChI is InChI=1S/C14H20N2O/c1-9(8-15)13-7-11(14(16)17)6-10-4-2-3-5-12(10)13/h2-5,9,11,13H,6-8,15H2,1H3,(H2,16,17). The summed E-state index contributed by atoms with van der Waals surface area (Å²) in [4.78, 5) is 11.4. The molecule has 1 aromatic rings. The molecule has 1 aromatic carbocycles. The number of amides is 1. The molecule has 92 valence electrons. The molecular weight excluding hydrogens is 212 g/mol. The minimum Gasteiger partial charge on any atom is -0.369 e.